The molecule has 3 aromatic rings. The van der Waals surface area contributed by atoms with Crippen LogP contribution in [0.4, 0.5) is 13.2 Å². The molecule has 3 rings (SSSR count). The summed E-state index contributed by atoms with van der Waals surface area (Å²) in [4.78, 5) is 19.0. The van der Waals surface area contributed by atoms with Gasteiger partial charge < -0.3 is 4.74 Å². The molecule has 0 aliphatic rings. The van der Waals surface area contributed by atoms with Crippen LogP contribution in [0.1, 0.15) is 27.9 Å². The summed E-state index contributed by atoms with van der Waals surface area (Å²) in [6.07, 6.45) is -2.68. The Kier molecular flexibility index (Phi) is 6.17. The van der Waals surface area contributed by atoms with Crippen LogP contribution in [0.5, 0.6) is 5.75 Å². The van der Waals surface area contributed by atoms with E-state index in [4.69, 9.17) is 4.74 Å². The van der Waals surface area contributed by atoms with E-state index in [0.29, 0.717) is 35.6 Å². The molecule has 0 fully saturated rings. The maximum atomic E-state index is 12.5. The van der Waals surface area contributed by atoms with E-state index in [0.717, 1.165) is 11.1 Å². The molecule has 0 aliphatic heterocycles. The first kappa shape index (κ1) is 21.8. The molecule has 0 N–H and O–H groups in total. The Morgan fingerprint density at radius 1 is 1.07 bits per heavy atom. The lowest BCUT2D eigenvalue weighted by molar-refractivity contribution is -0.153. The van der Waals surface area contributed by atoms with Gasteiger partial charge in [-0.05, 0) is 56.1 Å². The van der Waals surface area contributed by atoms with Crippen molar-refractivity contribution >= 4 is 5.65 Å². The van der Waals surface area contributed by atoms with Crippen molar-refractivity contribution in [3.8, 4) is 5.75 Å². The zero-order valence-corrected chi connectivity index (χ0v) is 17.4. The Balaban J connectivity index is 1.75. The first-order valence-corrected chi connectivity index (χ1v) is 9.49. The number of fused-ring (bicyclic) bond motifs is 1. The van der Waals surface area contributed by atoms with Gasteiger partial charge in [0, 0.05) is 25.4 Å². The molecule has 0 bridgehead atoms. The minimum Gasteiger partial charge on any atom is -0.484 e. The zero-order valence-electron chi connectivity index (χ0n) is 17.4. The molecule has 5 nitrogen and oxygen atoms in total. The van der Waals surface area contributed by atoms with Crippen molar-refractivity contribution in [1.82, 2.24) is 14.3 Å². The van der Waals surface area contributed by atoms with Gasteiger partial charge in [-0.2, -0.15) is 13.2 Å². The van der Waals surface area contributed by atoms with Crippen LogP contribution in [0, 0.1) is 20.8 Å². The molecule has 0 saturated heterocycles. The van der Waals surface area contributed by atoms with Crippen LogP contribution in [-0.2, 0) is 13.1 Å². The van der Waals surface area contributed by atoms with Crippen molar-refractivity contribution in [3.05, 3.63) is 74.8 Å². The summed E-state index contributed by atoms with van der Waals surface area (Å²) in [7, 11) is 1.90. The third-order valence-electron chi connectivity index (χ3n) is 4.72. The SMILES string of the molecule is Cc1cc(CN(C)Cc2cc(=O)n3cccc(C)c3n2)cc(C)c1OCC(F)(F)F. The molecule has 0 aliphatic carbocycles. The molecule has 0 atom stereocenters. The molecule has 2 heterocycles. The molecule has 1 aromatic carbocycles. The summed E-state index contributed by atoms with van der Waals surface area (Å²) >= 11 is 0. The monoisotopic (exact) mass is 419 g/mol. The highest BCUT2D eigenvalue weighted by molar-refractivity contribution is 5.47. The first-order chi connectivity index (χ1) is 14.0. The van der Waals surface area contributed by atoms with E-state index in [9.17, 15) is 18.0 Å². The number of ether oxygens (including phenoxy) is 1. The molecule has 0 amide bonds. The van der Waals surface area contributed by atoms with Crippen molar-refractivity contribution in [3.63, 3.8) is 0 Å². The molecular formula is C22H24F3N3O2. The zero-order chi connectivity index (χ0) is 22.1. The van der Waals surface area contributed by atoms with Gasteiger partial charge in [0.15, 0.2) is 6.61 Å². The predicted molar refractivity (Wildman–Crippen MR) is 109 cm³/mol. The van der Waals surface area contributed by atoms with Crippen LogP contribution in [0.15, 0.2) is 41.3 Å². The Morgan fingerprint density at radius 2 is 1.73 bits per heavy atom. The molecule has 0 saturated carbocycles. The van der Waals surface area contributed by atoms with Gasteiger partial charge in [0.25, 0.3) is 5.56 Å². The number of hydrogen-bond donors (Lipinski definition) is 0. The van der Waals surface area contributed by atoms with Gasteiger partial charge in [0.05, 0.1) is 5.69 Å². The summed E-state index contributed by atoms with van der Waals surface area (Å²) in [6, 6.07) is 8.88. The molecule has 0 unspecified atom stereocenters. The third-order valence-corrected chi connectivity index (χ3v) is 4.72. The lowest BCUT2D eigenvalue weighted by Gasteiger charge is -2.19. The molecule has 0 spiro atoms. The summed E-state index contributed by atoms with van der Waals surface area (Å²) < 4.78 is 43.8. The smallest absolute Gasteiger partial charge is 0.422 e. The van der Waals surface area contributed by atoms with Crippen LogP contribution in [0.25, 0.3) is 5.65 Å². The van der Waals surface area contributed by atoms with Crippen LogP contribution >= 0.6 is 0 Å². The number of hydrogen-bond acceptors (Lipinski definition) is 4. The summed E-state index contributed by atoms with van der Waals surface area (Å²) in [6.45, 7) is 5.08. The Morgan fingerprint density at radius 3 is 2.37 bits per heavy atom. The van der Waals surface area contributed by atoms with Gasteiger partial charge in [0.2, 0.25) is 0 Å². The Labute approximate surface area is 172 Å². The maximum Gasteiger partial charge on any atom is 0.422 e. The number of aryl methyl sites for hydroxylation is 3. The number of alkyl halides is 3. The highest BCUT2D eigenvalue weighted by Gasteiger charge is 2.29. The summed E-state index contributed by atoms with van der Waals surface area (Å²) in [5.41, 5.74) is 4.33. The first-order valence-electron chi connectivity index (χ1n) is 9.49. The van der Waals surface area contributed by atoms with E-state index in [1.807, 2.05) is 43.1 Å². The van der Waals surface area contributed by atoms with Crippen molar-refractivity contribution in [2.45, 2.75) is 40.0 Å². The van der Waals surface area contributed by atoms with E-state index in [2.05, 4.69) is 4.98 Å². The number of rotatable bonds is 6. The summed E-state index contributed by atoms with van der Waals surface area (Å²) in [5, 5.41) is 0. The molecule has 30 heavy (non-hydrogen) atoms. The van der Waals surface area contributed by atoms with Crippen molar-refractivity contribution in [2.24, 2.45) is 0 Å². The van der Waals surface area contributed by atoms with Gasteiger partial charge in [0.1, 0.15) is 11.4 Å². The van der Waals surface area contributed by atoms with Gasteiger partial charge in [-0.25, -0.2) is 4.98 Å². The average molecular weight is 419 g/mol. The quantitative estimate of drug-likeness (QED) is 0.601. The topological polar surface area (TPSA) is 46.8 Å². The second-order valence-corrected chi connectivity index (χ2v) is 7.61. The van der Waals surface area contributed by atoms with E-state index in [1.54, 1.807) is 20.0 Å². The minimum absolute atomic E-state index is 0.134. The second kappa shape index (κ2) is 8.47. The van der Waals surface area contributed by atoms with Crippen molar-refractivity contribution in [2.75, 3.05) is 13.7 Å². The normalized spacial score (nSPS) is 12.0. The van der Waals surface area contributed by atoms with E-state index in [-0.39, 0.29) is 11.3 Å². The molecule has 160 valence electrons. The highest BCUT2D eigenvalue weighted by Crippen LogP contribution is 2.27. The lowest BCUT2D eigenvalue weighted by atomic mass is 10.1. The van der Waals surface area contributed by atoms with Gasteiger partial charge in [-0.3, -0.25) is 14.1 Å². The van der Waals surface area contributed by atoms with Gasteiger partial charge >= 0.3 is 6.18 Å². The number of pyridine rings is 1. The predicted octanol–water partition coefficient (Wildman–Crippen LogP) is 4.19. The molecule has 2 aromatic heterocycles. The number of halogens is 3. The Bertz CT molecular complexity index is 1100. The van der Waals surface area contributed by atoms with E-state index in [1.165, 1.54) is 10.5 Å². The summed E-state index contributed by atoms with van der Waals surface area (Å²) in [5.74, 6) is 0.262. The molecule has 8 heteroatoms. The molecule has 0 radical (unpaired) electrons. The highest BCUT2D eigenvalue weighted by atomic mass is 19.4. The van der Waals surface area contributed by atoms with Crippen LogP contribution in [-0.4, -0.2) is 34.1 Å². The standard InChI is InChI=1S/C22H24F3N3O2/c1-14-6-5-7-28-19(29)10-18(26-21(14)28)12-27(4)11-17-8-15(2)20(16(3)9-17)30-13-22(23,24)25/h5-10H,11-13H2,1-4H3. The van der Waals surface area contributed by atoms with Gasteiger partial charge in [-0.1, -0.05) is 18.2 Å². The fraction of sp³-hybridized carbons (Fsp3) is 0.364. The number of aromatic nitrogens is 2. The van der Waals surface area contributed by atoms with Crippen LogP contribution in [0.3, 0.4) is 0 Å². The van der Waals surface area contributed by atoms with Crippen LogP contribution < -0.4 is 10.3 Å². The van der Waals surface area contributed by atoms with Crippen LogP contribution in [0.2, 0.25) is 0 Å². The molecular weight excluding hydrogens is 395 g/mol. The third kappa shape index (κ3) is 5.18. The lowest BCUT2D eigenvalue weighted by Crippen LogP contribution is -2.22. The Hall–Kier alpha value is -2.87. The minimum atomic E-state index is -4.37. The van der Waals surface area contributed by atoms with Gasteiger partial charge in [-0.15, -0.1) is 0 Å². The fourth-order valence-corrected chi connectivity index (χ4v) is 3.55. The average Bonchev–Trinajstić information content (AvgIpc) is 2.61. The fourth-order valence-electron chi connectivity index (χ4n) is 3.55. The number of nitrogens with zero attached hydrogens (tertiary/aromatic N) is 3. The van der Waals surface area contributed by atoms with Crippen molar-refractivity contribution < 1.29 is 17.9 Å². The maximum absolute atomic E-state index is 12.5. The van der Waals surface area contributed by atoms with E-state index < -0.39 is 12.8 Å². The number of benzene rings is 1. The second-order valence-electron chi connectivity index (χ2n) is 7.61. The van der Waals surface area contributed by atoms with Crippen molar-refractivity contribution in [1.29, 1.82) is 0 Å². The largest absolute Gasteiger partial charge is 0.484 e. The van der Waals surface area contributed by atoms with E-state index >= 15 is 0 Å².